The summed E-state index contributed by atoms with van der Waals surface area (Å²) in [6.07, 6.45) is 3.23. The number of carbonyl (C=O) groups is 1. The van der Waals surface area contributed by atoms with Crippen molar-refractivity contribution in [3.05, 3.63) is 54.6 Å². The molecule has 0 saturated heterocycles. The second kappa shape index (κ2) is 4.57. The molecular weight excluding hydrogens is 242 g/mol. The molecule has 3 rings (SSSR count). The van der Waals surface area contributed by atoms with Crippen LogP contribution < -0.4 is 0 Å². The molecular formula is C15H11NO3. The van der Waals surface area contributed by atoms with Gasteiger partial charge in [-0.3, -0.25) is 9.78 Å². The van der Waals surface area contributed by atoms with Crippen molar-refractivity contribution in [2.45, 2.75) is 6.42 Å². The normalized spacial score (nSPS) is 10.7. The summed E-state index contributed by atoms with van der Waals surface area (Å²) >= 11 is 0. The minimum Gasteiger partial charge on any atom is -0.481 e. The molecule has 0 aliphatic carbocycles. The van der Waals surface area contributed by atoms with Crippen LogP contribution in [0.2, 0.25) is 0 Å². The maximum absolute atomic E-state index is 10.7. The molecule has 0 spiro atoms. The molecule has 0 bridgehead atoms. The Labute approximate surface area is 109 Å². The fourth-order valence-corrected chi connectivity index (χ4v) is 2.10. The van der Waals surface area contributed by atoms with E-state index in [1.165, 1.54) is 0 Å². The number of nitrogens with zero attached hydrogens (tertiary/aromatic N) is 1. The van der Waals surface area contributed by atoms with Gasteiger partial charge in [-0.2, -0.15) is 0 Å². The van der Waals surface area contributed by atoms with Gasteiger partial charge in [0.2, 0.25) is 0 Å². The zero-order chi connectivity index (χ0) is 13.2. The average molecular weight is 253 g/mol. The summed E-state index contributed by atoms with van der Waals surface area (Å²) in [6.45, 7) is 0. The summed E-state index contributed by atoms with van der Waals surface area (Å²) in [5, 5.41) is 9.81. The molecule has 0 atom stereocenters. The third-order valence-electron chi connectivity index (χ3n) is 2.94. The van der Waals surface area contributed by atoms with Gasteiger partial charge < -0.3 is 9.52 Å². The van der Waals surface area contributed by atoms with Gasteiger partial charge in [0.1, 0.15) is 5.58 Å². The lowest BCUT2D eigenvalue weighted by molar-refractivity contribution is -0.136. The Morgan fingerprint density at radius 1 is 1.26 bits per heavy atom. The third-order valence-corrected chi connectivity index (χ3v) is 2.94. The second-order valence-electron chi connectivity index (χ2n) is 4.25. The highest BCUT2D eigenvalue weighted by Crippen LogP contribution is 2.30. The van der Waals surface area contributed by atoms with Gasteiger partial charge in [0.05, 0.1) is 18.4 Å². The number of aromatic nitrogens is 1. The minimum absolute atomic E-state index is 0.0797. The summed E-state index contributed by atoms with van der Waals surface area (Å²) in [4.78, 5) is 14.8. The van der Waals surface area contributed by atoms with E-state index in [4.69, 9.17) is 9.52 Å². The Hall–Kier alpha value is -2.62. The van der Waals surface area contributed by atoms with Crippen molar-refractivity contribution in [1.29, 1.82) is 0 Å². The van der Waals surface area contributed by atoms with E-state index in [1.807, 2.05) is 30.3 Å². The molecule has 0 fully saturated rings. The fraction of sp³-hybridized carbons (Fsp3) is 0.0667. The topological polar surface area (TPSA) is 63.3 Å². The first kappa shape index (κ1) is 11.5. The predicted octanol–water partition coefficient (Wildman–Crippen LogP) is 3.12. The molecule has 19 heavy (non-hydrogen) atoms. The summed E-state index contributed by atoms with van der Waals surface area (Å²) in [5.74, 6) is -0.887. The first-order valence-corrected chi connectivity index (χ1v) is 5.87. The largest absolute Gasteiger partial charge is 0.481 e. The van der Waals surface area contributed by atoms with Crippen molar-refractivity contribution in [3.8, 4) is 11.1 Å². The molecule has 0 unspecified atom stereocenters. The van der Waals surface area contributed by atoms with Gasteiger partial charge in [-0.05, 0) is 23.8 Å². The highest BCUT2D eigenvalue weighted by Gasteiger charge is 2.09. The first-order chi connectivity index (χ1) is 9.24. The number of pyridine rings is 1. The monoisotopic (exact) mass is 253 g/mol. The van der Waals surface area contributed by atoms with Gasteiger partial charge in [-0.25, -0.2) is 0 Å². The van der Waals surface area contributed by atoms with Crippen LogP contribution in [0, 0.1) is 0 Å². The van der Waals surface area contributed by atoms with E-state index in [0.717, 1.165) is 22.1 Å². The number of para-hydroxylation sites is 1. The molecule has 1 N–H and O–H groups in total. The number of hydrogen-bond donors (Lipinski definition) is 1. The number of carboxylic acid groups (broad SMARTS) is 1. The standard InChI is InChI=1S/C15H11NO3/c17-15(18)8-11-7-10(5-6-16-11)13-9-19-14-4-2-1-3-12(13)14/h1-7,9H,8H2,(H,17,18). The van der Waals surface area contributed by atoms with Crippen LogP contribution in [0.25, 0.3) is 22.1 Å². The van der Waals surface area contributed by atoms with E-state index >= 15 is 0 Å². The molecule has 0 radical (unpaired) electrons. The van der Waals surface area contributed by atoms with Gasteiger partial charge in [0.15, 0.2) is 0 Å². The lowest BCUT2D eigenvalue weighted by Gasteiger charge is -2.01. The molecule has 1 aromatic carbocycles. The molecule has 0 aliphatic heterocycles. The van der Waals surface area contributed by atoms with Crippen LogP contribution in [0.5, 0.6) is 0 Å². The molecule has 2 aromatic heterocycles. The maximum atomic E-state index is 10.7. The van der Waals surface area contributed by atoms with E-state index in [9.17, 15) is 4.79 Å². The zero-order valence-corrected chi connectivity index (χ0v) is 10.0. The number of furan rings is 1. The predicted molar refractivity (Wildman–Crippen MR) is 70.8 cm³/mol. The molecule has 2 heterocycles. The highest BCUT2D eigenvalue weighted by molar-refractivity contribution is 5.93. The van der Waals surface area contributed by atoms with E-state index < -0.39 is 5.97 Å². The fourth-order valence-electron chi connectivity index (χ4n) is 2.10. The Morgan fingerprint density at radius 3 is 2.95 bits per heavy atom. The summed E-state index contributed by atoms with van der Waals surface area (Å²) in [6, 6.07) is 11.4. The van der Waals surface area contributed by atoms with Gasteiger partial charge in [-0.15, -0.1) is 0 Å². The van der Waals surface area contributed by atoms with Crippen molar-refractivity contribution in [3.63, 3.8) is 0 Å². The van der Waals surface area contributed by atoms with Crippen molar-refractivity contribution >= 4 is 16.9 Å². The van der Waals surface area contributed by atoms with Crippen LogP contribution in [0.15, 0.2) is 53.3 Å². The van der Waals surface area contributed by atoms with Gasteiger partial charge in [0, 0.05) is 17.1 Å². The van der Waals surface area contributed by atoms with Crippen LogP contribution >= 0.6 is 0 Å². The molecule has 3 aromatic rings. The van der Waals surface area contributed by atoms with Crippen LogP contribution in [-0.4, -0.2) is 16.1 Å². The van der Waals surface area contributed by atoms with Gasteiger partial charge >= 0.3 is 5.97 Å². The van der Waals surface area contributed by atoms with Gasteiger partial charge in [0.25, 0.3) is 0 Å². The zero-order valence-electron chi connectivity index (χ0n) is 10.0. The smallest absolute Gasteiger partial charge is 0.309 e. The molecule has 94 valence electrons. The van der Waals surface area contributed by atoms with Crippen LogP contribution in [-0.2, 0) is 11.2 Å². The van der Waals surface area contributed by atoms with E-state index in [1.54, 1.807) is 18.5 Å². The molecule has 0 amide bonds. The van der Waals surface area contributed by atoms with E-state index in [0.29, 0.717) is 5.69 Å². The lowest BCUT2D eigenvalue weighted by Crippen LogP contribution is -2.01. The Morgan fingerprint density at radius 2 is 2.11 bits per heavy atom. The quantitative estimate of drug-likeness (QED) is 0.778. The number of rotatable bonds is 3. The number of hydrogen-bond acceptors (Lipinski definition) is 3. The Bertz CT molecular complexity index is 746. The summed E-state index contributed by atoms with van der Waals surface area (Å²) < 4.78 is 5.49. The first-order valence-electron chi connectivity index (χ1n) is 5.87. The van der Waals surface area contributed by atoms with E-state index in [-0.39, 0.29) is 6.42 Å². The molecule has 0 saturated carbocycles. The van der Waals surface area contributed by atoms with Crippen molar-refractivity contribution in [2.75, 3.05) is 0 Å². The average Bonchev–Trinajstić information content (AvgIpc) is 2.82. The maximum Gasteiger partial charge on any atom is 0.309 e. The van der Waals surface area contributed by atoms with Crippen molar-refractivity contribution in [1.82, 2.24) is 4.98 Å². The third kappa shape index (κ3) is 2.20. The van der Waals surface area contributed by atoms with Crippen LogP contribution in [0.4, 0.5) is 0 Å². The van der Waals surface area contributed by atoms with Crippen molar-refractivity contribution in [2.24, 2.45) is 0 Å². The van der Waals surface area contributed by atoms with Crippen LogP contribution in [0.1, 0.15) is 5.69 Å². The highest BCUT2D eigenvalue weighted by atomic mass is 16.4. The Balaban J connectivity index is 2.09. The number of benzene rings is 1. The number of aliphatic carboxylic acids is 1. The summed E-state index contributed by atoms with van der Waals surface area (Å²) in [7, 11) is 0. The van der Waals surface area contributed by atoms with Gasteiger partial charge in [-0.1, -0.05) is 18.2 Å². The van der Waals surface area contributed by atoms with E-state index in [2.05, 4.69) is 4.98 Å². The molecule has 0 aliphatic rings. The van der Waals surface area contributed by atoms with Crippen molar-refractivity contribution < 1.29 is 14.3 Å². The molecule has 4 nitrogen and oxygen atoms in total. The number of carboxylic acids is 1. The summed E-state index contributed by atoms with van der Waals surface area (Å²) in [5.41, 5.74) is 3.21. The number of fused-ring (bicyclic) bond motifs is 1. The minimum atomic E-state index is -0.887. The SMILES string of the molecule is O=C(O)Cc1cc(-c2coc3ccccc23)ccn1. The Kier molecular flexibility index (Phi) is 2.76. The lowest BCUT2D eigenvalue weighted by atomic mass is 10.0. The van der Waals surface area contributed by atoms with Crippen LogP contribution in [0.3, 0.4) is 0 Å². The molecule has 4 heteroatoms. The second-order valence-corrected chi connectivity index (χ2v) is 4.25.